The van der Waals surface area contributed by atoms with Crippen molar-refractivity contribution in [3.63, 3.8) is 0 Å². The number of hydrogen-bond acceptors (Lipinski definition) is 0. The third-order valence-electron chi connectivity index (χ3n) is 2.01. The Balaban J connectivity index is -0.000000720. The van der Waals surface area contributed by atoms with Crippen LogP contribution in [0.15, 0.2) is 0 Å². The molecule has 0 bridgehead atoms. The summed E-state index contributed by atoms with van der Waals surface area (Å²) >= 11 is 0. The van der Waals surface area contributed by atoms with E-state index >= 15 is 0 Å². The van der Waals surface area contributed by atoms with E-state index in [1.807, 2.05) is 0 Å². The standard InChI is InChI=1S/C12H27P.I.Pd/c1-10(2,3)13(11(4,5)6)12(7,8)9;;/h1-9H3;;/q;2*+1. The fraction of sp³-hybridized carbons (Fsp3) is 1.00. The van der Waals surface area contributed by atoms with E-state index in [1.165, 1.54) is 0 Å². The monoisotopic (exact) mass is 435 g/mol. The van der Waals surface area contributed by atoms with E-state index in [0.29, 0.717) is 15.5 Å². The van der Waals surface area contributed by atoms with Crippen molar-refractivity contribution in [1.29, 1.82) is 0 Å². The molecule has 0 saturated heterocycles. The van der Waals surface area contributed by atoms with Crippen molar-refractivity contribution in [2.24, 2.45) is 0 Å². The van der Waals surface area contributed by atoms with Crippen molar-refractivity contribution in [2.75, 3.05) is 0 Å². The molecule has 0 unspecified atom stereocenters. The van der Waals surface area contributed by atoms with Crippen LogP contribution in [-0.4, -0.2) is 15.5 Å². The summed E-state index contributed by atoms with van der Waals surface area (Å²) in [5.41, 5.74) is 0. The normalized spacial score (nSPS) is 13.2. The maximum atomic E-state index is 2.38. The van der Waals surface area contributed by atoms with Crippen LogP contribution in [-0.2, 0) is 20.4 Å². The molecule has 0 heterocycles. The first kappa shape index (κ1) is 22.0. The molecule has 0 aliphatic carbocycles. The van der Waals surface area contributed by atoms with E-state index in [4.69, 9.17) is 0 Å². The Morgan fingerprint density at radius 2 is 0.667 bits per heavy atom. The maximum absolute atomic E-state index is 2.38. The quantitative estimate of drug-likeness (QED) is 0.310. The van der Waals surface area contributed by atoms with Gasteiger partial charge in [0.1, 0.15) is 0 Å². The molecule has 0 aromatic rings. The Labute approximate surface area is 129 Å². The third kappa shape index (κ3) is 7.69. The molecular weight excluding hydrogens is 408 g/mol. The molecule has 0 aliphatic rings. The van der Waals surface area contributed by atoms with Gasteiger partial charge in [0.25, 0.3) is 0 Å². The van der Waals surface area contributed by atoms with Gasteiger partial charge in [-0.2, -0.15) is 0 Å². The third-order valence-corrected chi connectivity index (χ3v) is 6.04. The van der Waals surface area contributed by atoms with Crippen LogP contribution in [0.25, 0.3) is 0 Å². The summed E-state index contributed by atoms with van der Waals surface area (Å²) in [6.45, 7) is 21.5. The largest absolute Gasteiger partial charge is 1.00 e. The van der Waals surface area contributed by atoms with Crippen molar-refractivity contribution in [3.8, 4) is 0 Å². The smallest absolute Gasteiger partial charge is 0.0901 e. The molecule has 0 rings (SSSR count). The number of halogens is 1. The molecule has 0 N–H and O–H groups in total. The van der Waals surface area contributed by atoms with Crippen LogP contribution in [0.5, 0.6) is 0 Å². The fourth-order valence-electron chi connectivity index (χ4n) is 3.02. The summed E-state index contributed by atoms with van der Waals surface area (Å²) in [7, 11) is 0.0162. The van der Waals surface area contributed by atoms with Gasteiger partial charge in [-0.15, -0.1) is 0 Å². The van der Waals surface area contributed by atoms with Crippen molar-refractivity contribution in [1.82, 2.24) is 0 Å². The molecule has 0 amide bonds. The summed E-state index contributed by atoms with van der Waals surface area (Å²) in [6, 6.07) is 0. The molecule has 0 aliphatic heterocycles. The number of hydrogen-bond donors (Lipinski definition) is 0. The molecule has 0 aromatic heterocycles. The van der Waals surface area contributed by atoms with Crippen LogP contribution in [0.2, 0.25) is 0 Å². The molecule has 15 heavy (non-hydrogen) atoms. The summed E-state index contributed by atoms with van der Waals surface area (Å²) < 4.78 is 0. The molecule has 0 aromatic carbocycles. The van der Waals surface area contributed by atoms with E-state index in [1.54, 1.807) is 0 Å². The van der Waals surface area contributed by atoms with Crippen LogP contribution >= 0.6 is 7.92 Å². The fourth-order valence-corrected chi connectivity index (χ4v) is 9.06. The first-order chi connectivity index (χ1) is 5.37. The predicted molar refractivity (Wildman–Crippen MR) is 66.2 cm³/mol. The second-order valence-corrected chi connectivity index (χ2v) is 11.5. The van der Waals surface area contributed by atoms with Gasteiger partial charge in [0.05, 0.1) is 0 Å². The Bertz CT molecular complexity index is 138. The minimum absolute atomic E-state index is 0. The molecule has 3 heteroatoms. The van der Waals surface area contributed by atoms with Crippen LogP contribution in [0.3, 0.4) is 0 Å². The van der Waals surface area contributed by atoms with Gasteiger partial charge in [0.2, 0.25) is 0 Å². The Morgan fingerprint density at radius 1 is 0.533 bits per heavy atom. The maximum Gasteiger partial charge on any atom is 1.00 e. The molecule has 95 valence electrons. The minimum Gasteiger partial charge on any atom is -0.0901 e. The van der Waals surface area contributed by atoms with E-state index in [-0.39, 0.29) is 52.3 Å². The van der Waals surface area contributed by atoms with E-state index < -0.39 is 0 Å². The van der Waals surface area contributed by atoms with Crippen LogP contribution < -0.4 is 24.0 Å². The Hall–Kier alpha value is 1.82. The van der Waals surface area contributed by atoms with Crippen LogP contribution in [0.1, 0.15) is 62.3 Å². The summed E-state index contributed by atoms with van der Waals surface area (Å²) in [5, 5.41) is 1.35. The zero-order valence-electron chi connectivity index (χ0n) is 11.6. The zero-order valence-corrected chi connectivity index (χ0v) is 16.2. The predicted octanol–water partition coefficient (Wildman–Crippen LogP) is 1.87. The molecule has 3 radical (unpaired) electrons. The molecular formula is C12H27IPPd+2. The zero-order chi connectivity index (χ0) is 11.1. The first-order valence-electron chi connectivity index (χ1n) is 5.17. The van der Waals surface area contributed by atoms with Crippen molar-refractivity contribution in [2.45, 2.75) is 77.8 Å². The molecule has 0 fully saturated rings. The van der Waals surface area contributed by atoms with Gasteiger partial charge in [-0.1, -0.05) is 70.2 Å². The second-order valence-electron chi connectivity index (χ2n) is 6.85. The van der Waals surface area contributed by atoms with Gasteiger partial charge >= 0.3 is 44.4 Å². The van der Waals surface area contributed by atoms with Crippen molar-refractivity contribution < 1.29 is 44.4 Å². The first-order valence-corrected chi connectivity index (χ1v) is 6.51. The van der Waals surface area contributed by atoms with E-state index in [0.717, 1.165) is 0 Å². The van der Waals surface area contributed by atoms with Gasteiger partial charge in [0.15, 0.2) is 0 Å². The average molecular weight is 436 g/mol. The Morgan fingerprint density at radius 3 is 0.667 bits per heavy atom. The number of rotatable bonds is 0. The SMILES string of the molecule is CC(C)(C)P(C(C)(C)C)C(C)(C)C.[I+].[Pd+]. The van der Waals surface area contributed by atoms with Gasteiger partial charge in [-0.05, 0) is 15.5 Å². The summed E-state index contributed by atoms with van der Waals surface area (Å²) in [4.78, 5) is 0. The van der Waals surface area contributed by atoms with Gasteiger partial charge in [-0.3, -0.25) is 0 Å². The molecule has 0 saturated carbocycles. The second kappa shape index (κ2) is 6.67. The van der Waals surface area contributed by atoms with Gasteiger partial charge in [0, 0.05) is 0 Å². The molecule has 0 nitrogen and oxygen atoms in total. The topological polar surface area (TPSA) is 0 Å². The van der Waals surface area contributed by atoms with Gasteiger partial charge in [-0.25, -0.2) is 0 Å². The van der Waals surface area contributed by atoms with Crippen LogP contribution in [0, 0.1) is 0 Å². The van der Waals surface area contributed by atoms with E-state index in [2.05, 4.69) is 62.3 Å². The van der Waals surface area contributed by atoms with Crippen molar-refractivity contribution >= 4 is 7.92 Å². The van der Waals surface area contributed by atoms with E-state index in [9.17, 15) is 0 Å². The van der Waals surface area contributed by atoms with Gasteiger partial charge < -0.3 is 0 Å². The molecule has 0 atom stereocenters. The average Bonchev–Trinajstić information content (AvgIpc) is 1.44. The summed E-state index contributed by atoms with van der Waals surface area (Å²) in [6.07, 6.45) is 0. The van der Waals surface area contributed by atoms with Crippen LogP contribution in [0.4, 0.5) is 0 Å². The minimum atomic E-state index is 0. The molecule has 0 spiro atoms. The Kier molecular flexibility index (Phi) is 9.81. The summed E-state index contributed by atoms with van der Waals surface area (Å²) in [5.74, 6) is 0. The van der Waals surface area contributed by atoms with Crippen molar-refractivity contribution in [3.05, 3.63) is 0 Å².